The van der Waals surface area contributed by atoms with E-state index < -0.39 is 0 Å². The molecule has 156 valence electrons. The smallest absolute Gasteiger partial charge is 0.319 e. The standard InChI is InChI=1S/C23H25FN4O2/c1-2-3-4-17-5-11-20(12-6-17)26-23(29)25-15-16-30-22-14-13-21(27-28-22)18-7-9-19(24)10-8-18/h5-14H,2-4,15-16H2,1H3,(H2,25,26,29). The number of unbranched alkanes of at least 4 members (excludes halogenated alkanes) is 1. The summed E-state index contributed by atoms with van der Waals surface area (Å²) in [4.78, 5) is 12.0. The SMILES string of the molecule is CCCCc1ccc(NC(=O)NCCOc2ccc(-c3ccc(F)cc3)nn2)cc1. The van der Waals surface area contributed by atoms with E-state index in [9.17, 15) is 9.18 Å². The number of carbonyl (C=O) groups is 1. The minimum atomic E-state index is -0.299. The molecule has 0 saturated heterocycles. The molecule has 3 rings (SSSR count). The molecular formula is C23H25FN4O2. The Kier molecular flexibility index (Phi) is 7.71. The van der Waals surface area contributed by atoms with Gasteiger partial charge in [-0.15, -0.1) is 10.2 Å². The fourth-order valence-electron chi connectivity index (χ4n) is 2.80. The molecule has 1 heterocycles. The lowest BCUT2D eigenvalue weighted by Crippen LogP contribution is -2.32. The van der Waals surface area contributed by atoms with Gasteiger partial charge in [0.2, 0.25) is 5.88 Å². The number of anilines is 1. The quantitative estimate of drug-likeness (QED) is 0.498. The third kappa shape index (κ3) is 6.55. The number of hydrogen-bond acceptors (Lipinski definition) is 4. The van der Waals surface area contributed by atoms with Gasteiger partial charge in [-0.1, -0.05) is 25.5 Å². The van der Waals surface area contributed by atoms with Crippen molar-refractivity contribution in [3.63, 3.8) is 0 Å². The molecule has 0 fully saturated rings. The molecule has 0 spiro atoms. The molecule has 0 atom stereocenters. The molecule has 6 nitrogen and oxygen atoms in total. The first-order chi connectivity index (χ1) is 14.6. The second-order valence-corrected chi connectivity index (χ2v) is 6.79. The Morgan fingerprint density at radius 1 is 1.00 bits per heavy atom. The predicted molar refractivity (Wildman–Crippen MR) is 115 cm³/mol. The van der Waals surface area contributed by atoms with E-state index in [1.165, 1.54) is 17.7 Å². The Labute approximate surface area is 175 Å². The second kappa shape index (κ2) is 10.9. The third-order valence-electron chi connectivity index (χ3n) is 4.45. The van der Waals surface area contributed by atoms with Crippen LogP contribution in [0.15, 0.2) is 60.7 Å². The van der Waals surface area contributed by atoms with E-state index in [4.69, 9.17) is 4.74 Å². The Morgan fingerprint density at radius 2 is 1.77 bits per heavy atom. The molecule has 7 heteroatoms. The van der Waals surface area contributed by atoms with Crippen LogP contribution in [-0.2, 0) is 6.42 Å². The molecule has 0 saturated carbocycles. The van der Waals surface area contributed by atoms with Gasteiger partial charge in [0.05, 0.1) is 12.2 Å². The number of urea groups is 1. The summed E-state index contributed by atoms with van der Waals surface area (Å²) < 4.78 is 18.5. The molecule has 0 bridgehead atoms. The van der Waals surface area contributed by atoms with Crippen LogP contribution in [-0.4, -0.2) is 29.4 Å². The molecular weight excluding hydrogens is 383 g/mol. The Hall–Kier alpha value is -3.48. The summed E-state index contributed by atoms with van der Waals surface area (Å²) in [5.74, 6) is 0.0536. The highest BCUT2D eigenvalue weighted by Gasteiger charge is 2.04. The molecule has 2 N–H and O–H groups in total. The van der Waals surface area contributed by atoms with Gasteiger partial charge < -0.3 is 15.4 Å². The first kappa shape index (κ1) is 21.2. The molecule has 0 aliphatic carbocycles. The molecule has 1 aromatic heterocycles. The van der Waals surface area contributed by atoms with Crippen molar-refractivity contribution >= 4 is 11.7 Å². The highest BCUT2D eigenvalue weighted by atomic mass is 19.1. The molecule has 0 aliphatic heterocycles. The minimum absolute atomic E-state index is 0.258. The average Bonchev–Trinajstić information content (AvgIpc) is 2.77. The maximum Gasteiger partial charge on any atom is 0.319 e. The first-order valence-electron chi connectivity index (χ1n) is 10.0. The Morgan fingerprint density at radius 3 is 2.43 bits per heavy atom. The maximum atomic E-state index is 13.0. The van der Waals surface area contributed by atoms with Gasteiger partial charge in [0.1, 0.15) is 12.4 Å². The summed E-state index contributed by atoms with van der Waals surface area (Å²) in [5.41, 5.74) is 3.41. The number of amides is 2. The monoisotopic (exact) mass is 408 g/mol. The average molecular weight is 408 g/mol. The molecule has 3 aromatic rings. The molecule has 0 radical (unpaired) electrons. The lowest BCUT2D eigenvalue weighted by atomic mass is 10.1. The number of aryl methyl sites for hydroxylation is 1. The first-order valence-corrected chi connectivity index (χ1v) is 10.0. The zero-order chi connectivity index (χ0) is 21.2. The van der Waals surface area contributed by atoms with Crippen LogP contribution in [0.1, 0.15) is 25.3 Å². The van der Waals surface area contributed by atoms with Crippen molar-refractivity contribution in [1.29, 1.82) is 0 Å². The lowest BCUT2D eigenvalue weighted by molar-refractivity contribution is 0.246. The van der Waals surface area contributed by atoms with Gasteiger partial charge in [-0.05, 0) is 60.9 Å². The van der Waals surface area contributed by atoms with E-state index in [1.807, 2.05) is 24.3 Å². The van der Waals surface area contributed by atoms with E-state index in [-0.39, 0.29) is 18.5 Å². The summed E-state index contributed by atoms with van der Waals surface area (Å²) in [6, 6.07) is 17.0. The van der Waals surface area contributed by atoms with Crippen molar-refractivity contribution in [1.82, 2.24) is 15.5 Å². The minimum Gasteiger partial charge on any atom is -0.475 e. The lowest BCUT2D eigenvalue weighted by Gasteiger charge is -2.09. The number of rotatable bonds is 9. The number of nitrogens with one attached hydrogen (secondary N) is 2. The number of aromatic nitrogens is 2. The van der Waals surface area contributed by atoms with Crippen LogP contribution in [0.3, 0.4) is 0 Å². The van der Waals surface area contributed by atoms with Crippen molar-refractivity contribution in [2.75, 3.05) is 18.5 Å². The van der Waals surface area contributed by atoms with E-state index in [0.29, 0.717) is 18.1 Å². The van der Waals surface area contributed by atoms with Gasteiger partial charge in [-0.3, -0.25) is 0 Å². The summed E-state index contributed by atoms with van der Waals surface area (Å²) >= 11 is 0. The van der Waals surface area contributed by atoms with Crippen molar-refractivity contribution in [2.24, 2.45) is 0 Å². The fourth-order valence-corrected chi connectivity index (χ4v) is 2.80. The second-order valence-electron chi connectivity index (χ2n) is 6.79. The molecule has 0 aliphatic rings. The predicted octanol–water partition coefficient (Wildman–Crippen LogP) is 4.83. The highest BCUT2D eigenvalue weighted by Crippen LogP contribution is 2.18. The maximum absolute atomic E-state index is 13.0. The number of nitrogens with zero attached hydrogens (tertiary/aromatic N) is 2. The Bertz CT molecular complexity index is 929. The van der Waals surface area contributed by atoms with Crippen molar-refractivity contribution in [3.8, 4) is 17.1 Å². The molecule has 0 unspecified atom stereocenters. The van der Waals surface area contributed by atoms with E-state index in [2.05, 4.69) is 27.8 Å². The van der Waals surface area contributed by atoms with E-state index >= 15 is 0 Å². The molecule has 30 heavy (non-hydrogen) atoms. The summed E-state index contributed by atoms with van der Waals surface area (Å²) in [7, 11) is 0. The number of carbonyl (C=O) groups excluding carboxylic acids is 1. The van der Waals surface area contributed by atoms with Crippen LogP contribution < -0.4 is 15.4 Å². The van der Waals surface area contributed by atoms with E-state index in [1.54, 1.807) is 24.3 Å². The largest absolute Gasteiger partial charge is 0.475 e. The van der Waals surface area contributed by atoms with Crippen molar-refractivity contribution < 1.29 is 13.9 Å². The van der Waals surface area contributed by atoms with Gasteiger partial charge >= 0.3 is 6.03 Å². The van der Waals surface area contributed by atoms with Gasteiger partial charge in [0, 0.05) is 17.3 Å². The highest BCUT2D eigenvalue weighted by molar-refractivity contribution is 5.89. The summed E-state index contributed by atoms with van der Waals surface area (Å²) in [6.07, 6.45) is 3.37. The van der Waals surface area contributed by atoms with Crippen LogP contribution >= 0.6 is 0 Å². The summed E-state index contributed by atoms with van der Waals surface area (Å²) in [6.45, 7) is 2.75. The molecule has 2 amide bonds. The van der Waals surface area contributed by atoms with Crippen LogP contribution in [0.2, 0.25) is 0 Å². The summed E-state index contributed by atoms with van der Waals surface area (Å²) in [5, 5.41) is 13.6. The van der Waals surface area contributed by atoms with Gasteiger partial charge in [0.15, 0.2) is 0 Å². The van der Waals surface area contributed by atoms with Crippen LogP contribution in [0.25, 0.3) is 11.3 Å². The van der Waals surface area contributed by atoms with Gasteiger partial charge in [-0.2, -0.15) is 0 Å². The van der Waals surface area contributed by atoms with Crippen LogP contribution in [0.5, 0.6) is 5.88 Å². The number of halogens is 1. The zero-order valence-corrected chi connectivity index (χ0v) is 16.9. The number of hydrogen-bond donors (Lipinski definition) is 2. The topological polar surface area (TPSA) is 76.1 Å². The fraction of sp³-hybridized carbons (Fsp3) is 0.261. The van der Waals surface area contributed by atoms with Gasteiger partial charge in [0.25, 0.3) is 0 Å². The van der Waals surface area contributed by atoms with Crippen LogP contribution in [0.4, 0.5) is 14.9 Å². The zero-order valence-electron chi connectivity index (χ0n) is 16.9. The van der Waals surface area contributed by atoms with Crippen molar-refractivity contribution in [2.45, 2.75) is 26.2 Å². The normalized spacial score (nSPS) is 10.5. The van der Waals surface area contributed by atoms with Crippen LogP contribution in [0, 0.1) is 5.82 Å². The number of benzene rings is 2. The third-order valence-corrected chi connectivity index (χ3v) is 4.45. The van der Waals surface area contributed by atoms with Crippen molar-refractivity contribution in [3.05, 3.63) is 72.0 Å². The van der Waals surface area contributed by atoms with Gasteiger partial charge in [-0.25, -0.2) is 9.18 Å². The molecule has 2 aromatic carbocycles. The number of ether oxygens (including phenoxy) is 1. The Balaban J connectivity index is 1.38. The van der Waals surface area contributed by atoms with E-state index in [0.717, 1.165) is 30.5 Å².